The molecule has 1 aromatic rings. The van der Waals surface area contributed by atoms with Gasteiger partial charge >= 0.3 is 0 Å². The zero-order valence-electron chi connectivity index (χ0n) is 14.8. The highest BCUT2D eigenvalue weighted by Crippen LogP contribution is 2.37. The number of ether oxygens (including phenoxy) is 2. The number of nitrogens with one attached hydrogen (secondary N) is 2. The third kappa shape index (κ3) is 3.83. The smallest absolute Gasteiger partial charge is 0.264 e. The van der Waals surface area contributed by atoms with Crippen LogP contribution in [0.2, 0.25) is 5.02 Å². The van der Waals surface area contributed by atoms with Crippen LogP contribution in [0.4, 0.5) is 0 Å². The fraction of sp³-hybridized carbons (Fsp3) is 0.588. The van der Waals surface area contributed by atoms with Crippen molar-refractivity contribution in [2.75, 3.05) is 26.8 Å². The maximum absolute atomic E-state index is 12.7. The molecule has 0 bridgehead atoms. The van der Waals surface area contributed by atoms with E-state index in [1.54, 1.807) is 6.92 Å². The minimum atomic E-state index is -4.02. The molecule has 2 saturated heterocycles. The van der Waals surface area contributed by atoms with E-state index in [2.05, 4.69) is 10.0 Å². The number of sulfonamides is 1. The molecule has 2 aliphatic rings. The Balaban J connectivity index is 1.74. The molecular weight excluding hydrogens is 380 g/mol. The number of carbonyl (C=O) groups is 1. The van der Waals surface area contributed by atoms with Gasteiger partial charge in [-0.3, -0.25) is 4.79 Å². The number of methoxy groups -OCH3 is 1. The Kier molecular flexibility index (Phi) is 5.48. The number of aryl methyl sites for hydroxylation is 1. The van der Waals surface area contributed by atoms with Gasteiger partial charge < -0.3 is 14.8 Å². The van der Waals surface area contributed by atoms with Gasteiger partial charge in [0.1, 0.15) is 5.75 Å². The van der Waals surface area contributed by atoms with E-state index >= 15 is 0 Å². The summed E-state index contributed by atoms with van der Waals surface area (Å²) in [5.41, 5.74) is 0.139. The first-order valence-corrected chi connectivity index (χ1v) is 10.4. The van der Waals surface area contributed by atoms with E-state index in [1.165, 1.54) is 19.2 Å². The Morgan fingerprint density at radius 2 is 2.08 bits per heavy atom. The zero-order valence-corrected chi connectivity index (χ0v) is 16.4. The lowest BCUT2D eigenvalue weighted by Crippen LogP contribution is -2.42. The van der Waals surface area contributed by atoms with Gasteiger partial charge in [0.25, 0.3) is 10.0 Å². The van der Waals surface area contributed by atoms with Gasteiger partial charge in [-0.1, -0.05) is 11.6 Å². The number of piperidine rings is 1. The van der Waals surface area contributed by atoms with Crippen LogP contribution in [0.15, 0.2) is 17.0 Å². The normalized spacial score (nSPS) is 22.3. The van der Waals surface area contributed by atoms with Crippen molar-refractivity contribution in [1.82, 2.24) is 10.0 Å². The highest BCUT2D eigenvalue weighted by Gasteiger charge is 2.44. The predicted octanol–water partition coefficient (Wildman–Crippen LogP) is 1.62. The molecule has 144 valence electrons. The van der Waals surface area contributed by atoms with Gasteiger partial charge in [-0.15, -0.1) is 0 Å². The third-order valence-electron chi connectivity index (χ3n) is 5.07. The molecule has 0 saturated carbocycles. The molecule has 3 rings (SSSR count). The van der Waals surface area contributed by atoms with Crippen molar-refractivity contribution in [3.05, 3.63) is 22.7 Å². The highest BCUT2D eigenvalue weighted by molar-refractivity contribution is 7.90. The molecule has 0 aromatic heterocycles. The summed E-state index contributed by atoms with van der Waals surface area (Å²) in [5, 5.41) is 3.43. The number of benzene rings is 1. The van der Waals surface area contributed by atoms with Crippen LogP contribution in [0.5, 0.6) is 5.75 Å². The quantitative estimate of drug-likeness (QED) is 0.794. The molecule has 1 spiro atoms. The van der Waals surface area contributed by atoms with E-state index < -0.39 is 21.8 Å². The van der Waals surface area contributed by atoms with Crippen LogP contribution in [-0.4, -0.2) is 46.7 Å². The number of hydrogen-bond acceptors (Lipinski definition) is 6. The van der Waals surface area contributed by atoms with E-state index in [1.807, 2.05) is 0 Å². The number of halogens is 1. The van der Waals surface area contributed by atoms with Crippen molar-refractivity contribution in [2.45, 2.75) is 36.7 Å². The number of carbonyl (C=O) groups excluding carboxylic acids is 1. The molecule has 1 atom stereocenters. The predicted molar refractivity (Wildman–Crippen MR) is 97.0 cm³/mol. The van der Waals surface area contributed by atoms with Gasteiger partial charge in [0.2, 0.25) is 5.91 Å². The summed E-state index contributed by atoms with van der Waals surface area (Å²) in [6, 6.07) is 2.83. The Morgan fingerprint density at radius 3 is 2.73 bits per heavy atom. The van der Waals surface area contributed by atoms with Gasteiger partial charge in [-0.05, 0) is 57.0 Å². The van der Waals surface area contributed by atoms with Gasteiger partial charge in [-0.2, -0.15) is 0 Å². The van der Waals surface area contributed by atoms with E-state index in [9.17, 15) is 13.2 Å². The monoisotopic (exact) mass is 402 g/mol. The molecule has 1 aromatic carbocycles. The van der Waals surface area contributed by atoms with E-state index in [0.717, 1.165) is 25.9 Å². The van der Waals surface area contributed by atoms with Gasteiger partial charge in [0, 0.05) is 0 Å². The lowest BCUT2D eigenvalue weighted by molar-refractivity contribution is -0.123. The lowest BCUT2D eigenvalue weighted by atomic mass is 9.86. The maximum atomic E-state index is 12.7. The summed E-state index contributed by atoms with van der Waals surface area (Å²) in [7, 11) is -2.57. The van der Waals surface area contributed by atoms with Crippen LogP contribution in [0, 0.1) is 12.8 Å². The molecule has 9 heteroatoms. The van der Waals surface area contributed by atoms with Crippen molar-refractivity contribution in [1.29, 1.82) is 0 Å². The summed E-state index contributed by atoms with van der Waals surface area (Å²) in [6.07, 6.45) is 2.20. The van der Waals surface area contributed by atoms with Crippen LogP contribution in [0.3, 0.4) is 0 Å². The first-order valence-electron chi connectivity index (χ1n) is 8.52. The van der Waals surface area contributed by atoms with Crippen molar-refractivity contribution >= 4 is 27.5 Å². The largest absolute Gasteiger partial charge is 0.495 e. The topological polar surface area (TPSA) is 93.7 Å². The fourth-order valence-corrected chi connectivity index (χ4v) is 5.20. The molecule has 1 unspecified atom stereocenters. The molecule has 2 aliphatic heterocycles. The number of hydrogen-bond donors (Lipinski definition) is 2. The molecule has 0 radical (unpaired) electrons. The average molecular weight is 403 g/mol. The summed E-state index contributed by atoms with van der Waals surface area (Å²) >= 11 is 6.04. The van der Waals surface area contributed by atoms with Crippen LogP contribution >= 0.6 is 11.6 Å². The van der Waals surface area contributed by atoms with E-state index in [-0.39, 0.29) is 22.1 Å². The van der Waals surface area contributed by atoms with E-state index in [0.29, 0.717) is 17.7 Å². The maximum Gasteiger partial charge on any atom is 0.264 e. The second kappa shape index (κ2) is 7.34. The highest BCUT2D eigenvalue weighted by atomic mass is 35.5. The lowest BCUT2D eigenvalue weighted by Gasteiger charge is -2.32. The SMILES string of the molecule is COc1cc(C)c(S(=O)(=O)NC(=O)C2COC3(CCNCC3)C2)cc1Cl. The Hall–Kier alpha value is -1.35. The Morgan fingerprint density at radius 1 is 1.38 bits per heavy atom. The van der Waals surface area contributed by atoms with Crippen LogP contribution < -0.4 is 14.8 Å². The van der Waals surface area contributed by atoms with E-state index in [4.69, 9.17) is 21.1 Å². The summed E-state index contributed by atoms with van der Waals surface area (Å²) in [6.45, 7) is 3.55. The van der Waals surface area contributed by atoms with Crippen molar-refractivity contribution < 1.29 is 22.7 Å². The summed E-state index contributed by atoms with van der Waals surface area (Å²) in [4.78, 5) is 12.5. The minimum absolute atomic E-state index is 0.0351. The Labute approximate surface area is 158 Å². The molecule has 2 N–H and O–H groups in total. The standard InChI is InChI=1S/C17H23ClN2O5S/c1-11-7-14(24-2)13(18)8-15(11)26(22,23)20-16(21)12-9-17(25-10-12)3-5-19-6-4-17/h7-8,12,19H,3-6,9-10H2,1-2H3,(H,20,21). The molecule has 26 heavy (non-hydrogen) atoms. The molecule has 7 nitrogen and oxygen atoms in total. The first-order chi connectivity index (χ1) is 12.3. The van der Waals surface area contributed by atoms with Crippen LogP contribution in [0.1, 0.15) is 24.8 Å². The zero-order chi connectivity index (χ0) is 18.9. The molecule has 0 aliphatic carbocycles. The average Bonchev–Trinajstić information content (AvgIpc) is 3.00. The second-order valence-corrected chi connectivity index (χ2v) is 8.93. The summed E-state index contributed by atoms with van der Waals surface area (Å²) in [5.74, 6) is -0.630. The Bertz CT molecular complexity index is 806. The number of amides is 1. The van der Waals surface area contributed by atoms with Crippen molar-refractivity contribution in [3.8, 4) is 5.75 Å². The molecule has 1 amide bonds. The van der Waals surface area contributed by atoms with Crippen molar-refractivity contribution in [3.63, 3.8) is 0 Å². The minimum Gasteiger partial charge on any atom is -0.495 e. The van der Waals surface area contributed by atoms with Gasteiger partial charge in [0.05, 0.1) is 35.2 Å². The van der Waals surface area contributed by atoms with Gasteiger partial charge in [0.15, 0.2) is 0 Å². The van der Waals surface area contributed by atoms with Crippen LogP contribution in [-0.2, 0) is 19.6 Å². The number of rotatable bonds is 4. The molecule has 2 fully saturated rings. The van der Waals surface area contributed by atoms with Crippen molar-refractivity contribution in [2.24, 2.45) is 5.92 Å². The fourth-order valence-electron chi connectivity index (χ4n) is 3.60. The first kappa shape index (κ1) is 19.4. The molecular formula is C17H23ClN2O5S. The third-order valence-corrected chi connectivity index (χ3v) is 6.85. The van der Waals surface area contributed by atoms with Crippen LogP contribution in [0.25, 0.3) is 0 Å². The summed E-state index contributed by atoms with van der Waals surface area (Å²) < 4.78 is 38.5. The second-order valence-electron chi connectivity index (χ2n) is 6.87. The van der Waals surface area contributed by atoms with Gasteiger partial charge in [-0.25, -0.2) is 13.1 Å². The molecule has 2 heterocycles.